The van der Waals surface area contributed by atoms with E-state index in [2.05, 4.69) is 27.4 Å². The molecule has 0 heterocycles. The first-order valence-electron chi connectivity index (χ1n) is 3.39. The van der Waals surface area contributed by atoms with Crippen LogP contribution in [-0.2, 0) is 14.2 Å². The predicted molar refractivity (Wildman–Crippen MR) is 43.9 cm³/mol. The van der Waals surface area contributed by atoms with Gasteiger partial charge < -0.3 is 14.2 Å². The van der Waals surface area contributed by atoms with Crippen LogP contribution in [-0.4, -0.2) is 18.9 Å². The number of carbonyl (C=O) groups is 2. The van der Waals surface area contributed by atoms with E-state index in [1.54, 1.807) is 0 Å². The van der Waals surface area contributed by atoms with Gasteiger partial charge in [0.15, 0.2) is 0 Å². The molecule has 72 valence electrons. The van der Waals surface area contributed by atoms with E-state index in [-0.39, 0.29) is 12.4 Å². The topological polar surface area (TPSA) is 61.8 Å². The molecule has 0 bridgehead atoms. The summed E-state index contributed by atoms with van der Waals surface area (Å²) in [4.78, 5) is 21.2. The standard InChI is InChI=1S/C8H10O5/c1-4-5-11-7(9)13-8(10)12-6(2)3/h4H,1-2,5H2,3H3. The molecule has 0 radical (unpaired) electrons. The van der Waals surface area contributed by atoms with Crippen molar-refractivity contribution in [3.63, 3.8) is 0 Å². The summed E-state index contributed by atoms with van der Waals surface area (Å²) in [6.07, 6.45) is -0.960. The Morgan fingerprint density at radius 1 is 1.31 bits per heavy atom. The van der Waals surface area contributed by atoms with Crippen molar-refractivity contribution in [2.45, 2.75) is 6.92 Å². The van der Waals surface area contributed by atoms with Gasteiger partial charge in [-0.3, -0.25) is 0 Å². The first kappa shape index (κ1) is 11.2. The maximum atomic E-state index is 10.6. The van der Waals surface area contributed by atoms with Crippen LogP contribution in [0.2, 0.25) is 0 Å². The molecule has 0 saturated carbocycles. The number of carbonyl (C=O) groups excluding carboxylic acids is 2. The van der Waals surface area contributed by atoms with E-state index in [9.17, 15) is 9.59 Å². The fourth-order valence-electron chi connectivity index (χ4n) is 0.388. The van der Waals surface area contributed by atoms with E-state index in [4.69, 9.17) is 0 Å². The molecule has 5 heteroatoms. The average molecular weight is 186 g/mol. The van der Waals surface area contributed by atoms with Crippen LogP contribution in [0.4, 0.5) is 9.59 Å². The maximum Gasteiger partial charge on any atom is 0.523 e. The highest BCUT2D eigenvalue weighted by Crippen LogP contribution is 1.96. The van der Waals surface area contributed by atoms with Crippen molar-refractivity contribution in [3.05, 3.63) is 25.0 Å². The van der Waals surface area contributed by atoms with Crippen molar-refractivity contribution in [1.29, 1.82) is 0 Å². The zero-order valence-electron chi connectivity index (χ0n) is 7.24. The molecule has 13 heavy (non-hydrogen) atoms. The molecule has 0 aromatic carbocycles. The number of ether oxygens (including phenoxy) is 3. The molecule has 5 nitrogen and oxygen atoms in total. The summed E-state index contributed by atoms with van der Waals surface area (Å²) in [6, 6.07) is 0. The second kappa shape index (κ2) is 5.82. The van der Waals surface area contributed by atoms with Crippen LogP contribution >= 0.6 is 0 Å². The summed E-state index contributed by atoms with van der Waals surface area (Å²) in [7, 11) is 0. The van der Waals surface area contributed by atoms with Crippen LogP contribution in [0.1, 0.15) is 6.92 Å². The molecule has 0 aromatic heterocycles. The Kier molecular flexibility index (Phi) is 5.02. The zero-order valence-corrected chi connectivity index (χ0v) is 7.24. The van der Waals surface area contributed by atoms with Gasteiger partial charge >= 0.3 is 12.3 Å². The lowest BCUT2D eigenvalue weighted by molar-refractivity contribution is 0.0539. The van der Waals surface area contributed by atoms with Crippen molar-refractivity contribution in [1.82, 2.24) is 0 Å². The SMILES string of the molecule is C=CCOC(=O)OC(=O)OC(=C)C. The lowest BCUT2D eigenvalue weighted by Crippen LogP contribution is -2.14. The molecule has 0 aliphatic carbocycles. The number of rotatable bonds is 3. The minimum Gasteiger partial charge on any atom is -0.430 e. The van der Waals surface area contributed by atoms with Crippen LogP contribution in [0.3, 0.4) is 0 Å². The van der Waals surface area contributed by atoms with E-state index < -0.39 is 12.3 Å². The summed E-state index contributed by atoms with van der Waals surface area (Å²) in [5, 5.41) is 0. The number of hydrogen-bond acceptors (Lipinski definition) is 5. The van der Waals surface area contributed by atoms with Gasteiger partial charge in [-0.1, -0.05) is 19.2 Å². The normalized spacial score (nSPS) is 8.38. The van der Waals surface area contributed by atoms with Gasteiger partial charge in [-0.05, 0) is 6.92 Å². The zero-order chi connectivity index (χ0) is 10.3. The Hall–Kier alpha value is -1.78. The molecular formula is C8H10O5. The van der Waals surface area contributed by atoms with E-state index in [1.165, 1.54) is 13.0 Å². The summed E-state index contributed by atoms with van der Waals surface area (Å²) >= 11 is 0. The van der Waals surface area contributed by atoms with Crippen LogP contribution in [0.25, 0.3) is 0 Å². The van der Waals surface area contributed by atoms with Crippen molar-refractivity contribution >= 4 is 12.3 Å². The van der Waals surface area contributed by atoms with Gasteiger partial charge in [0, 0.05) is 0 Å². The fourth-order valence-corrected chi connectivity index (χ4v) is 0.388. The molecule has 0 aromatic rings. The molecule has 0 saturated heterocycles. The largest absolute Gasteiger partial charge is 0.523 e. The molecule has 0 fully saturated rings. The summed E-state index contributed by atoms with van der Waals surface area (Å²) < 4.78 is 12.7. The van der Waals surface area contributed by atoms with Crippen LogP contribution in [0.15, 0.2) is 25.0 Å². The third-order valence-corrected chi connectivity index (χ3v) is 0.743. The lowest BCUT2D eigenvalue weighted by Gasteiger charge is -2.02. The van der Waals surface area contributed by atoms with Gasteiger partial charge in [0.25, 0.3) is 0 Å². The predicted octanol–water partition coefficient (Wildman–Crippen LogP) is 2.00. The molecule has 0 aliphatic rings. The number of allylic oxidation sites excluding steroid dienone is 1. The third-order valence-electron chi connectivity index (χ3n) is 0.743. The second-order valence-electron chi connectivity index (χ2n) is 2.01. The van der Waals surface area contributed by atoms with Crippen LogP contribution in [0.5, 0.6) is 0 Å². The highest BCUT2D eigenvalue weighted by atomic mass is 16.8. The van der Waals surface area contributed by atoms with Gasteiger partial charge in [-0.2, -0.15) is 0 Å². The molecule has 0 N–H and O–H groups in total. The van der Waals surface area contributed by atoms with E-state index in [1.807, 2.05) is 0 Å². The number of hydrogen-bond donors (Lipinski definition) is 0. The van der Waals surface area contributed by atoms with Crippen molar-refractivity contribution in [2.75, 3.05) is 6.61 Å². The molecular weight excluding hydrogens is 176 g/mol. The monoisotopic (exact) mass is 186 g/mol. The molecule has 0 amide bonds. The summed E-state index contributed by atoms with van der Waals surface area (Å²) in [5.41, 5.74) is 0. The van der Waals surface area contributed by atoms with E-state index in [0.717, 1.165) is 0 Å². The Morgan fingerprint density at radius 2 is 1.92 bits per heavy atom. The van der Waals surface area contributed by atoms with E-state index in [0.29, 0.717) is 0 Å². The summed E-state index contributed by atoms with van der Waals surface area (Å²) in [6.45, 7) is 7.98. The highest BCUT2D eigenvalue weighted by Gasteiger charge is 2.12. The van der Waals surface area contributed by atoms with Gasteiger partial charge in [-0.15, -0.1) is 0 Å². The molecule has 0 rings (SSSR count). The van der Waals surface area contributed by atoms with Gasteiger partial charge in [-0.25, -0.2) is 9.59 Å². The highest BCUT2D eigenvalue weighted by molar-refractivity contribution is 5.77. The Morgan fingerprint density at radius 3 is 2.38 bits per heavy atom. The molecule has 0 spiro atoms. The first-order chi connectivity index (χ1) is 6.06. The van der Waals surface area contributed by atoms with Gasteiger partial charge in [0.2, 0.25) is 0 Å². The third kappa shape index (κ3) is 6.61. The maximum absolute atomic E-state index is 10.6. The minimum absolute atomic E-state index is 0.0286. The van der Waals surface area contributed by atoms with Crippen LogP contribution in [0, 0.1) is 0 Å². The Balaban J connectivity index is 3.71. The average Bonchev–Trinajstić information content (AvgIpc) is 1.98. The van der Waals surface area contributed by atoms with Gasteiger partial charge in [0.1, 0.15) is 12.4 Å². The lowest BCUT2D eigenvalue weighted by atomic mass is 10.7. The second-order valence-corrected chi connectivity index (χ2v) is 2.01. The van der Waals surface area contributed by atoms with Gasteiger partial charge in [0.05, 0.1) is 0 Å². The Labute approximate surface area is 75.6 Å². The fraction of sp³-hybridized carbons (Fsp3) is 0.250. The summed E-state index contributed by atoms with van der Waals surface area (Å²) in [5.74, 6) is 0.126. The first-order valence-corrected chi connectivity index (χ1v) is 3.39. The minimum atomic E-state index is -1.17. The van der Waals surface area contributed by atoms with Crippen molar-refractivity contribution in [2.24, 2.45) is 0 Å². The smallest absolute Gasteiger partial charge is 0.430 e. The van der Waals surface area contributed by atoms with E-state index >= 15 is 0 Å². The van der Waals surface area contributed by atoms with Crippen molar-refractivity contribution in [3.8, 4) is 0 Å². The van der Waals surface area contributed by atoms with Crippen molar-refractivity contribution < 1.29 is 23.8 Å². The Bertz CT molecular complexity index is 231. The molecule has 0 unspecified atom stereocenters. The molecule has 0 atom stereocenters. The van der Waals surface area contributed by atoms with Crippen LogP contribution < -0.4 is 0 Å². The molecule has 0 aliphatic heterocycles. The quantitative estimate of drug-likeness (QED) is 0.292.